The van der Waals surface area contributed by atoms with Crippen molar-refractivity contribution in [1.82, 2.24) is 4.98 Å². The normalized spacial score (nSPS) is 19.4. The molecule has 2 saturated carbocycles. The zero-order valence-corrected chi connectivity index (χ0v) is 9.90. The third kappa shape index (κ3) is 2.41. The lowest BCUT2D eigenvalue weighted by Crippen LogP contribution is -2.30. The Morgan fingerprint density at radius 3 is 2.71 bits per heavy atom. The summed E-state index contributed by atoms with van der Waals surface area (Å²) in [5.74, 6) is 1.42. The molecule has 0 spiro atoms. The molecule has 0 aromatic carbocycles. The van der Waals surface area contributed by atoms with Gasteiger partial charge in [0, 0.05) is 24.7 Å². The Kier molecular flexibility index (Phi) is 2.74. The first-order valence-corrected chi connectivity index (χ1v) is 6.39. The van der Waals surface area contributed by atoms with Crippen LogP contribution in [-0.4, -0.2) is 17.6 Å². The Hall–Kier alpha value is -1.16. The third-order valence-corrected chi connectivity index (χ3v) is 3.54. The lowest BCUT2D eigenvalue weighted by molar-refractivity contribution is 0.615. The van der Waals surface area contributed by atoms with Crippen LogP contribution in [0.2, 0.25) is 0 Å². The second kappa shape index (κ2) is 4.26. The minimum absolute atomic E-state index is 0.295. The highest BCUT2D eigenvalue weighted by Crippen LogP contribution is 2.38. The van der Waals surface area contributed by atoms with Crippen LogP contribution in [0.3, 0.4) is 0 Å². The number of nitrogens with two attached hydrogens (primary N) is 1. The summed E-state index contributed by atoms with van der Waals surface area (Å²) < 4.78 is 13.2. The molecular weight excluding hydrogens is 217 g/mol. The molecule has 0 unspecified atom stereocenters. The Labute approximate surface area is 101 Å². The maximum absolute atomic E-state index is 13.2. The molecule has 0 atom stereocenters. The van der Waals surface area contributed by atoms with Gasteiger partial charge < -0.3 is 10.6 Å². The molecule has 2 fully saturated rings. The molecule has 2 N–H and O–H groups in total. The Bertz CT molecular complexity index is 413. The van der Waals surface area contributed by atoms with E-state index in [1.807, 2.05) is 0 Å². The van der Waals surface area contributed by atoms with Crippen LogP contribution in [-0.2, 0) is 6.54 Å². The van der Waals surface area contributed by atoms with E-state index in [0.29, 0.717) is 12.6 Å². The summed E-state index contributed by atoms with van der Waals surface area (Å²) in [4.78, 5) is 6.61. The molecule has 0 aliphatic heterocycles. The Balaban J connectivity index is 1.87. The van der Waals surface area contributed by atoms with Crippen molar-refractivity contribution in [1.29, 1.82) is 0 Å². The largest absolute Gasteiger partial charge is 0.353 e. The first-order chi connectivity index (χ1) is 8.28. The summed E-state index contributed by atoms with van der Waals surface area (Å²) in [7, 11) is 0. The fourth-order valence-electron chi connectivity index (χ4n) is 2.26. The van der Waals surface area contributed by atoms with Crippen LogP contribution < -0.4 is 10.6 Å². The molecular formula is C13H18FN3. The van der Waals surface area contributed by atoms with Crippen molar-refractivity contribution >= 4 is 5.82 Å². The van der Waals surface area contributed by atoms with Gasteiger partial charge in [0.25, 0.3) is 0 Å². The van der Waals surface area contributed by atoms with Crippen LogP contribution in [0.25, 0.3) is 0 Å². The van der Waals surface area contributed by atoms with Crippen molar-refractivity contribution in [3.05, 3.63) is 23.6 Å². The predicted octanol–water partition coefficient (Wildman–Crippen LogP) is 2.06. The van der Waals surface area contributed by atoms with E-state index in [1.54, 1.807) is 0 Å². The van der Waals surface area contributed by atoms with Crippen molar-refractivity contribution in [2.45, 2.75) is 38.3 Å². The molecule has 4 heteroatoms. The minimum Gasteiger partial charge on any atom is -0.353 e. The van der Waals surface area contributed by atoms with Crippen LogP contribution in [0.1, 0.15) is 31.2 Å². The summed E-state index contributed by atoms with van der Waals surface area (Å²) >= 11 is 0. The molecule has 2 aliphatic carbocycles. The number of aromatic nitrogens is 1. The van der Waals surface area contributed by atoms with Crippen molar-refractivity contribution in [3.8, 4) is 0 Å². The summed E-state index contributed by atoms with van der Waals surface area (Å²) in [6, 6.07) is 2.13. The van der Waals surface area contributed by atoms with Crippen LogP contribution in [0, 0.1) is 11.7 Å². The standard InChI is InChI=1S/C13H18FN3/c14-11-5-10(6-15)13(16-7-11)17(12-3-4-12)8-9-1-2-9/h5,7,9,12H,1-4,6,8,15H2. The van der Waals surface area contributed by atoms with Gasteiger partial charge in [0.05, 0.1) is 6.20 Å². The van der Waals surface area contributed by atoms with Gasteiger partial charge in [0.15, 0.2) is 0 Å². The van der Waals surface area contributed by atoms with E-state index in [2.05, 4.69) is 9.88 Å². The van der Waals surface area contributed by atoms with Gasteiger partial charge in [-0.25, -0.2) is 9.37 Å². The van der Waals surface area contributed by atoms with Gasteiger partial charge in [-0.2, -0.15) is 0 Å². The van der Waals surface area contributed by atoms with Crippen LogP contribution in [0.5, 0.6) is 0 Å². The van der Waals surface area contributed by atoms with Crippen molar-refractivity contribution in [3.63, 3.8) is 0 Å². The summed E-state index contributed by atoms with van der Waals surface area (Å²) in [6.07, 6.45) is 6.41. The number of hydrogen-bond acceptors (Lipinski definition) is 3. The lowest BCUT2D eigenvalue weighted by Gasteiger charge is -2.25. The molecule has 92 valence electrons. The van der Waals surface area contributed by atoms with E-state index in [4.69, 9.17) is 5.73 Å². The van der Waals surface area contributed by atoms with Gasteiger partial charge in [0.2, 0.25) is 0 Å². The highest BCUT2D eigenvalue weighted by molar-refractivity contribution is 5.49. The van der Waals surface area contributed by atoms with E-state index in [0.717, 1.165) is 23.8 Å². The molecule has 1 aromatic rings. The molecule has 0 radical (unpaired) electrons. The average molecular weight is 235 g/mol. The van der Waals surface area contributed by atoms with E-state index < -0.39 is 0 Å². The average Bonchev–Trinajstić information content (AvgIpc) is 3.18. The van der Waals surface area contributed by atoms with Gasteiger partial charge in [-0.1, -0.05) is 0 Å². The van der Waals surface area contributed by atoms with E-state index in [-0.39, 0.29) is 5.82 Å². The molecule has 1 aromatic heterocycles. The van der Waals surface area contributed by atoms with Crippen molar-refractivity contribution in [2.75, 3.05) is 11.4 Å². The van der Waals surface area contributed by atoms with E-state index in [9.17, 15) is 4.39 Å². The zero-order chi connectivity index (χ0) is 11.8. The Morgan fingerprint density at radius 1 is 1.35 bits per heavy atom. The molecule has 2 aliphatic rings. The molecule has 0 saturated heterocycles. The summed E-state index contributed by atoms with van der Waals surface area (Å²) in [5.41, 5.74) is 6.52. The molecule has 17 heavy (non-hydrogen) atoms. The number of rotatable bonds is 5. The van der Waals surface area contributed by atoms with Crippen LogP contribution >= 0.6 is 0 Å². The number of anilines is 1. The minimum atomic E-state index is -0.295. The fourth-order valence-corrected chi connectivity index (χ4v) is 2.26. The zero-order valence-electron chi connectivity index (χ0n) is 9.90. The number of halogens is 1. The van der Waals surface area contributed by atoms with E-state index >= 15 is 0 Å². The topological polar surface area (TPSA) is 42.1 Å². The lowest BCUT2D eigenvalue weighted by atomic mass is 10.2. The maximum Gasteiger partial charge on any atom is 0.141 e. The van der Waals surface area contributed by atoms with Crippen LogP contribution in [0.4, 0.5) is 10.2 Å². The van der Waals surface area contributed by atoms with Gasteiger partial charge >= 0.3 is 0 Å². The maximum atomic E-state index is 13.2. The number of hydrogen-bond donors (Lipinski definition) is 1. The summed E-state index contributed by atoms with van der Waals surface area (Å²) in [6.45, 7) is 1.42. The molecule has 1 heterocycles. The fraction of sp³-hybridized carbons (Fsp3) is 0.615. The molecule has 0 amide bonds. The van der Waals surface area contributed by atoms with Crippen LogP contribution in [0.15, 0.2) is 12.3 Å². The third-order valence-electron chi connectivity index (χ3n) is 3.54. The highest BCUT2D eigenvalue weighted by atomic mass is 19.1. The van der Waals surface area contributed by atoms with E-state index in [1.165, 1.54) is 37.9 Å². The van der Waals surface area contributed by atoms with Crippen molar-refractivity contribution in [2.24, 2.45) is 11.7 Å². The van der Waals surface area contributed by atoms with Gasteiger partial charge in [0.1, 0.15) is 11.6 Å². The monoisotopic (exact) mass is 235 g/mol. The predicted molar refractivity (Wildman–Crippen MR) is 65.2 cm³/mol. The number of nitrogens with zero attached hydrogens (tertiary/aromatic N) is 2. The highest BCUT2D eigenvalue weighted by Gasteiger charge is 2.35. The molecule has 0 bridgehead atoms. The quantitative estimate of drug-likeness (QED) is 0.849. The summed E-state index contributed by atoms with van der Waals surface area (Å²) in [5, 5.41) is 0. The Morgan fingerprint density at radius 2 is 2.12 bits per heavy atom. The number of pyridine rings is 1. The first kappa shape index (κ1) is 11.0. The SMILES string of the molecule is NCc1cc(F)cnc1N(CC1CC1)C1CC1. The molecule has 3 nitrogen and oxygen atoms in total. The second-order valence-corrected chi connectivity index (χ2v) is 5.17. The smallest absolute Gasteiger partial charge is 0.141 e. The molecule has 3 rings (SSSR count). The van der Waals surface area contributed by atoms with Gasteiger partial charge in [-0.3, -0.25) is 0 Å². The van der Waals surface area contributed by atoms with Gasteiger partial charge in [-0.15, -0.1) is 0 Å². The first-order valence-electron chi connectivity index (χ1n) is 6.39. The van der Waals surface area contributed by atoms with Crippen molar-refractivity contribution < 1.29 is 4.39 Å². The second-order valence-electron chi connectivity index (χ2n) is 5.17. The van der Waals surface area contributed by atoms with Gasteiger partial charge in [-0.05, 0) is 37.7 Å².